The fourth-order valence-electron chi connectivity index (χ4n) is 5.86. The van der Waals surface area contributed by atoms with Gasteiger partial charge >= 0.3 is 6.03 Å². The Balaban J connectivity index is 1.44. The van der Waals surface area contributed by atoms with Crippen LogP contribution in [0.15, 0.2) is 35.4 Å². The summed E-state index contributed by atoms with van der Waals surface area (Å²) >= 11 is 0. The van der Waals surface area contributed by atoms with Crippen LogP contribution >= 0.6 is 0 Å². The molecule has 0 bridgehead atoms. The number of terminal acetylenes is 1. The number of carbonyl (C=O) groups is 2. The highest BCUT2D eigenvalue weighted by Gasteiger charge is 2.42. The van der Waals surface area contributed by atoms with Crippen LogP contribution in [-0.2, 0) is 9.53 Å². The van der Waals surface area contributed by atoms with Gasteiger partial charge in [-0.2, -0.15) is 0 Å². The Kier molecular flexibility index (Phi) is 7.83. The molecule has 35 heavy (non-hydrogen) atoms. The number of amides is 3. The second-order valence-electron chi connectivity index (χ2n) is 10.1. The summed E-state index contributed by atoms with van der Waals surface area (Å²) in [5, 5.41) is 6.22. The second-order valence-corrected chi connectivity index (χ2v) is 10.1. The lowest BCUT2D eigenvalue weighted by atomic mass is 9.75. The molecule has 188 valence electrons. The smallest absolute Gasteiger partial charge is 0.322 e. The Morgan fingerprint density at radius 3 is 2.60 bits per heavy atom. The fraction of sp³-hybridized carbons (Fsp3) is 0.571. The van der Waals surface area contributed by atoms with Crippen molar-refractivity contribution in [2.45, 2.75) is 70.7 Å². The molecule has 3 aliphatic rings. The van der Waals surface area contributed by atoms with E-state index in [0.29, 0.717) is 30.6 Å². The molecule has 0 saturated carbocycles. The molecule has 4 rings (SSSR count). The van der Waals surface area contributed by atoms with Gasteiger partial charge in [-0.25, -0.2) is 4.79 Å². The molecule has 3 amide bonds. The quantitative estimate of drug-likeness (QED) is 0.501. The van der Waals surface area contributed by atoms with Gasteiger partial charge in [0, 0.05) is 50.0 Å². The van der Waals surface area contributed by atoms with E-state index >= 15 is 0 Å². The number of methoxy groups -OCH3 is 1. The standard InChI is InChI=1S/C28H38N4O3/c1-6-20-8-10-22(11-9-20)29-28(34)32-17-23(35-5)15-26(32)27(33)30-25-16-24-19(4)31(7-2)13-12-21(24)14-18(25)3/h1,8-11,18-19,23,25-26H,7,12-17H2,2-5H3,(H,29,34)(H,30,33). The van der Waals surface area contributed by atoms with Crippen LogP contribution < -0.4 is 10.6 Å². The molecule has 1 aromatic carbocycles. The van der Waals surface area contributed by atoms with Crippen LogP contribution in [0.5, 0.6) is 0 Å². The number of anilines is 1. The maximum Gasteiger partial charge on any atom is 0.322 e. The number of hydrogen-bond donors (Lipinski definition) is 2. The van der Waals surface area contributed by atoms with Gasteiger partial charge in [-0.3, -0.25) is 9.69 Å². The Bertz CT molecular complexity index is 1010. The van der Waals surface area contributed by atoms with Gasteiger partial charge in [0.2, 0.25) is 5.91 Å². The highest BCUT2D eigenvalue weighted by molar-refractivity contribution is 5.94. The number of benzene rings is 1. The van der Waals surface area contributed by atoms with Crippen molar-refractivity contribution >= 4 is 17.6 Å². The third kappa shape index (κ3) is 5.39. The Morgan fingerprint density at radius 1 is 1.20 bits per heavy atom. The minimum Gasteiger partial charge on any atom is -0.380 e. The zero-order valence-electron chi connectivity index (χ0n) is 21.3. The summed E-state index contributed by atoms with van der Waals surface area (Å²) in [4.78, 5) is 30.7. The van der Waals surface area contributed by atoms with E-state index in [1.807, 2.05) is 0 Å². The molecule has 2 aliphatic heterocycles. The largest absolute Gasteiger partial charge is 0.380 e. The van der Waals surface area contributed by atoms with E-state index in [1.54, 1.807) is 41.8 Å². The van der Waals surface area contributed by atoms with Gasteiger partial charge in [0.15, 0.2) is 0 Å². The molecule has 2 heterocycles. The summed E-state index contributed by atoms with van der Waals surface area (Å²) in [7, 11) is 1.63. The number of urea groups is 1. The summed E-state index contributed by atoms with van der Waals surface area (Å²) in [5.41, 5.74) is 4.46. The van der Waals surface area contributed by atoms with Crippen molar-refractivity contribution in [2.75, 3.05) is 32.1 Å². The molecule has 1 aliphatic carbocycles. The van der Waals surface area contributed by atoms with Crippen LogP contribution in [0.2, 0.25) is 0 Å². The lowest BCUT2D eigenvalue weighted by molar-refractivity contribution is -0.125. The number of nitrogens with zero attached hydrogens (tertiary/aromatic N) is 2. The van der Waals surface area contributed by atoms with E-state index in [9.17, 15) is 9.59 Å². The van der Waals surface area contributed by atoms with Gasteiger partial charge in [-0.1, -0.05) is 30.9 Å². The van der Waals surface area contributed by atoms with Crippen LogP contribution in [0.25, 0.3) is 0 Å². The molecule has 1 saturated heterocycles. The number of hydrogen-bond acceptors (Lipinski definition) is 4. The molecule has 0 spiro atoms. The van der Waals surface area contributed by atoms with E-state index in [4.69, 9.17) is 11.2 Å². The molecule has 5 unspecified atom stereocenters. The van der Waals surface area contributed by atoms with E-state index in [0.717, 1.165) is 37.9 Å². The van der Waals surface area contributed by atoms with E-state index in [-0.39, 0.29) is 24.1 Å². The second kappa shape index (κ2) is 10.8. The van der Waals surface area contributed by atoms with Crippen molar-refractivity contribution in [3.05, 3.63) is 41.0 Å². The maximum absolute atomic E-state index is 13.5. The van der Waals surface area contributed by atoms with Gasteiger partial charge in [-0.05, 0) is 62.9 Å². The molecule has 0 radical (unpaired) electrons. The van der Waals surface area contributed by atoms with Gasteiger partial charge < -0.3 is 20.3 Å². The number of nitrogens with one attached hydrogen (secondary N) is 2. The first-order chi connectivity index (χ1) is 16.8. The predicted molar refractivity (Wildman–Crippen MR) is 138 cm³/mol. The molecular weight excluding hydrogens is 440 g/mol. The average Bonchev–Trinajstić information content (AvgIpc) is 3.31. The summed E-state index contributed by atoms with van der Waals surface area (Å²) in [5.74, 6) is 2.84. The molecule has 0 aromatic heterocycles. The number of likely N-dealkylation sites (tertiary alicyclic amines) is 1. The molecule has 2 N–H and O–H groups in total. The zero-order valence-corrected chi connectivity index (χ0v) is 21.3. The first kappa shape index (κ1) is 25.3. The van der Waals surface area contributed by atoms with Crippen molar-refractivity contribution < 1.29 is 14.3 Å². The molecule has 5 atom stereocenters. The third-order valence-electron chi connectivity index (χ3n) is 8.10. The summed E-state index contributed by atoms with van der Waals surface area (Å²) in [6.07, 6.45) is 8.78. The first-order valence-electron chi connectivity index (χ1n) is 12.8. The van der Waals surface area contributed by atoms with Crippen LogP contribution in [0.3, 0.4) is 0 Å². The number of carbonyl (C=O) groups excluding carboxylic acids is 2. The van der Waals surface area contributed by atoms with E-state index in [2.05, 4.69) is 42.2 Å². The fourth-order valence-corrected chi connectivity index (χ4v) is 5.86. The summed E-state index contributed by atoms with van der Waals surface area (Å²) in [6.45, 7) is 9.26. The van der Waals surface area contributed by atoms with Crippen LogP contribution in [0, 0.1) is 18.3 Å². The highest BCUT2D eigenvalue weighted by Crippen LogP contribution is 2.38. The molecule has 7 nitrogen and oxygen atoms in total. The Labute approximate surface area is 209 Å². The van der Waals surface area contributed by atoms with Crippen molar-refractivity contribution in [3.63, 3.8) is 0 Å². The maximum atomic E-state index is 13.5. The Hall–Kier alpha value is -2.82. The lowest BCUT2D eigenvalue weighted by Crippen LogP contribution is -2.53. The SMILES string of the molecule is C#Cc1ccc(NC(=O)N2CC(OC)CC2C(=O)NC2CC3=C(CCN(CC)C3C)CC2C)cc1. The molecule has 1 aromatic rings. The summed E-state index contributed by atoms with van der Waals surface area (Å²) in [6, 6.07) is 6.72. The van der Waals surface area contributed by atoms with Crippen LogP contribution in [-0.4, -0.2) is 72.7 Å². The zero-order chi connectivity index (χ0) is 25.1. The van der Waals surface area contributed by atoms with Crippen LogP contribution in [0.1, 0.15) is 52.0 Å². The van der Waals surface area contributed by atoms with Crippen molar-refractivity contribution in [1.82, 2.24) is 15.1 Å². The predicted octanol–water partition coefficient (Wildman–Crippen LogP) is 3.61. The average molecular weight is 479 g/mol. The van der Waals surface area contributed by atoms with Crippen molar-refractivity contribution in [3.8, 4) is 12.3 Å². The van der Waals surface area contributed by atoms with Gasteiger partial charge in [0.1, 0.15) is 6.04 Å². The third-order valence-corrected chi connectivity index (χ3v) is 8.10. The van der Waals surface area contributed by atoms with Crippen molar-refractivity contribution in [1.29, 1.82) is 0 Å². The van der Waals surface area contributed by atoms with E-state index < -0.39 is 6.04 Å². The minimum atomic E-state index is -0.566. The first-order valence-corrected chi connectivity index (χ1v) is 12.8. The van der Waals surface area contributed by atoms with Gasteiger partial charge in [0.05, 0.1) is 6.10 Å². The Morgan fingerprint density at radius 2 is 1.94 bits per heavy atom. The lowest BCUT2D eigenvalue weighted by Gasteiger charge is -2.43. The highest BCUT2D eigenvalue weighted by atomic mass is 16.5. The van der Waals surface area contributed by atoms with Gasteiger partial charge in [-0.15, -0.1) is 6.42 Å². The molecule has 1 fully saturated rings. The normalized spacial score (nSPS) is 28.9. The van der Waals surface area contributed by atoms with Gasteiger partial charge in [0.25, 0.3) is 0 Å². The number of likely N-dealkylation sites (N-methyl/N-ethyl adjacent to an activating group) is 1. The number of ether oxygens (including phenoxy) is 1. The monoisotopic (exact) mass is 478 g/mol. The minimum absolute atomic E-state index is 0.0725. The van der Waals surface area contributed by atoms with Crippen molar-refractivity contribution in [2.24, 2.45) is 5.92 Å². The molecular formula is C28H38N4O3. The molecule has 7 heteroatoms. The topological polar surface area (TPSA) is 73.9 Å². The number of rotatable bonds is 5. The van der Waals surface area contributed by atoms with Crippen LogP contribution in [0.4, 0.5) is 10.5 Å². The van der Waals surface area contributed by atoms with E-state index in [1.165, 1.54) is 5.57 Å². The summed E-state index contributed by atoms with van der Waals surface area (Å²) < 4.78 is 5.54.